The van der Waals surface area contributed by atoms with Gasteiger partial charge in [-0.05, 0) is 29.7 Å². The predicted octanol–water partition coefficient (Wildman–Crippen LogP) is 2.80. The third-order valence-electron chi connectivity index (χ3n) is 4.69. The maximum Gasteiger partial charge on any atom is 0.241 e. The molecule has 2 fully saturated rings. The number of benzene rings is 1. The molecule has 4 unspecified atom stereocenters. The van der Waals surface area contributed by atoms with Crippen molar-refractivity contribution in [1.29, 1.82) is 0 Å². The molecule has 1 N–H and O–H groups in total. The van der Waals surface area contributed by atoms with Crippen LogP contribution in [0.3, 0.4) is 0 Å². The minimum Gasteiger partial charge on any atom is -0.321 e. The van der Waals surface area contributed by atoms with E-state index in [2.05, 4.69) is 43.1 Å². The molecule has 1 heterocycles. The SMILES string of the molecule is CC(C)C1NC(c2ccccc2)N(CC2CC2C)C1=O. The van der Waals surface area contributed by atoms with Crippen LogP contribution in [0.15, 0.2) is 30.3 Å². The molecule has 0 spiro atoms. The minimum absolute atomic E-state index is 0.0453. The average molecular weight is 272 g/mol. The quantitative estimate of drug-likeness (QED) is 0.914. The van der Waals surface area contributed by atoms with Crippen molar-refractivity contribution in [2.24, 2.45) is 17.8 Å². The highest BCUT2D eigenvalue weighted by molar-refractivity contribution is 5.85. The van der Waals surface area contributed by atoms with E-state index in [1.54, 1.807) is 0 Å². The normalized spacial score (nSPS) is 33.0. The minimum atomic E-state index is -0.0470. The molecule has 20 heavy (non-hydrogen) atoms. The first-order chi connectivity index (χ1) is 9.58. The molecule has 3 heteroatoms. The van der Waals surface area contributed by atoms with E-state index < -0.39 is 0 Å². The number of hydrogen-bond acceptors (Lipinski definition) is 2. The average Bonchev–Trinajstić information content (AvgIpc) is 3.02. The van der Waals surface area contributed by atoms with Crippen LogP contribution in [0.4, 0.5) is 0 Å². The van der Waals surface area contributed by atoms with Gasteiger partial charge in [-0.2, -0.15) is 0 Å². The van der Waals surface area contributed by atoms with Gasteiger partial charge in [0.25, 0.3) is 0 Å². The zero-order valence-electron chi connectivity index (χ0n) is 12.5. The first-order valence-corrected chi connectivity index (χ1v) is 7.69. The molecule has 0 radical (unpaired) electrons. The van der Waals surface area contributed by atoms with E-state index in [-0.39, 0.29) is 18.1 Å². The fourth-order valence-electron chi connectivity index (χ4n) is 3.13. The van der Waals surface area contributed by atoms with Gasteiger partial charge in [-0.1, -0.05) is 51.1 Å². The number of carbonyl (C=O) groups is 1. The third-order valence-corrected chi connectivity index (χ3v) is 4.69. The molecule has 0 bridgehead atoms. The first kappa shape index (κ1) is 13.6. The lowest BCUT2D eigenvalue weighted by Crippen LogP contribution is -2.35. The number of rotatable bonds is 4. The molecular weight excluding hydrogens is 248 g/mol. The summed E-state index contributed by atoms with van der Waals surface area (Å²) in [5.74, 6) is 2.07. The Morgan fingerprint density at radius 3 is 2.50 bits per heavy atom. The lowest BCUT2D eigenvalue weighted by molar-refractivity contribution is -0.131. The van der Waals surface area contributed by atoms with Crippen LogP contribution in [0.25, 0.3) is 0 Å². The summed E-state index contributed by atoms with van der Waals surface area (Å²) < 4.78 is 0. The van der Waals surface area contributed by atoms with E-state index in [4.69, 9.17) is 0 Å². The van der Waals surface area contributed by atoms with Crippen LogP contribution in [0.5, 0.6) is 0 Å². The Bertz CT molecular complexity index is 485. The van der Waals surface area contributed by atoms with Crippen LogP contribution in [-0.2, 0) is 4.79 Å². The molecule has 1 amide bonds. The Hall–Kier alpha value is -1.35. The predicted molar refractivity (Wildman–Crippen MR) is 79.9 cm³/mol. The van der Waals surface area contributed by atoms with Gasteiger partial charge >= 0.3 is 0 Å². The van der Waals surface area contributed by atoms with Gasteiger partial charge in [-0.25, -0.2) is 0 Å². The second-order valence-corrected chi connectivity index (χ2v) is 6.67. The van der Waals surface area contributed by atoms with Gasteiger partial charge in [-0.15, -0.1) is 0 Å². The van der Waals surface area contributed by atoms with Gasteiger partial charge < -0.3 is 4.90 Å². The molecular formula is C17H24N2O. The van der Waals surface area contributed by atoms with Crippen molar-refractivity contribution in [3.05, 3.63) is 35.9 Å². The summed E-state index contributed by atoms with van der Waals surface area (Å²) in [6, 6.07) is 10.3. The van der Waals surface area contributed by atoms with Crippen molar-refractivity contribution in [3.63, 3.8) is 0 Å². The van der Waals surface area contributed by atoms with Crippen LogP contribution < -0.4 is 5.32 Å². The van der Waals surface area contributed by atoms with E-state index in [1.165, 1.54) is 12.0 Å². The molecule has 3 nitrogen and oxygen atoms in total. The lowest BCUT2D eigenvalue weighted by Gasteiger charge is -2.24. The van der Waals surface area contributed by atoms with Crippen molar-refractivity contribution in [1.82, 2.24) is 10.2 Å². The van der Waals surface area contributed by atoms with E-state index >= 15 is 0 Å². The second kappa shape index (κ2) is 5.21. The maximum atomic E-state index is 12.7. The summed E-state index contributed by atoms with van der Waals surface area (Å²) in [6.07, 6.45) is 1.31. The fourth-order valence-corrected chi connectivity index (χ4v) is 3.13. The Kier molecular flexibility index (Phi) is 3.55. The van der Waals surface area contributed by atoms with Crippen molar-refractivity contribution < 1.29 is 4.79 Å². The topological polar surface area (TPSA) is 32.3 Å². The van der Waals surface area contributed by atoms with Crippen molar-refractivity contribution in [2.75, 3.05) is 6.54 Å². The summed E-state index contributed by atoms with van der Waals surface area (Å²) in [5, 5.41) is 3.53. The van der Waals surface area contributed by atoms with Crippen LogP contribution in [0, 0.1) is 17.8 Å². The molecule has 1 aliphatic heterocycles. The smallest absolute Gasteiger partial charge is 0.241 e. The molecule has 2 aliphatic rings. The zero-order valence-corrected chi connectivity index (χ0v) is 12.5. The van der Waals surface area contributed by atoms with E-state index in [1.807, 2.05) is 18.2 Å². The molecule has 1 saturated carbocycles. The lowest BCUT2D eigenvalue weighted by atomic mass is 10.0. The maximum absolute atomic E-state index is 12.7. The standard InChI is InChI=1S/C17H24N2O/c1-11(2)15-17(20)19(10-14-9-12(14)3)16(18-15)13-7-5-4-6-8-13/h4-8,11-12,14-16,18H,9-10H2,1-3H3. The van der Waals surface area contributed by atoms with E-state index in [9.17, 15) is 4.79 Å². The summed E-state index contributed by atoms with van der Waals surface area (Å²) in [7, 11) is 0. The Morgan fingerprint density at radius 2 is 1.95 bits per heavy atom. The molecule has 1 aromatic carbocycles. The van der Waals surface area contributed by atoms with Gasteiger partial charge in [0.15, 0.2) is 0 Å². The van der Waals surface area contributed by atoms with Crippen LogP contribution in [-0.4, -0.2) is 23.4 Å². The van der Waals surface area contributed by atoms with Crippen molar-refractivity contribution in [2.45, 2.75) is 39.4 Å². The monoisotopic (exact) mass is 272 g/mol. The summed E-state index contributed by atoms with van der Waals surface area (Å²) in [5.41, 5.74) is 1.19. The summed E-state index contributed by atoms with van der Waals surface area (Å²) >= 11 is 0. The number of amides is 1. The van der Waals surface area contributed by atoms with Gasteiger partial charge in [-0.3, -0.25) is 10.1 Å². The highest BCUT2D eigenvalue weighted by Crippen LogP contribution is 2.41. The van der Waals surface area contributed by atoms with Crippen molar-refractivity contribution >= 4 is 5.91 Å². The highest BCUT2D eigenvalue weighted by Gasteiger charge is 2.44. The molecule has 1 aliphatic carbocycles. The fraction of sp³-hybridized carbons (Fsp3) is 0.588. The zero-order chi connectivity index (χ0) is 14.3. The summed E-state index contributed by atoms with van der Waals surface area (Å²) in [6.45, 7) is 7.40. The molecule has 1 saturated heterocycles. The highest BCUT2D eigenvalue weighted by atomic mass is 16.2. The Morgan fingerprint density at radius 1 is 1.30 bits per heavy atom. The van der Waals surface area contributed by atoms with Gasteiger partial charge in [0.2, 0.25) is 5.91 Å². The Labute approximate surface area is 121 Å². The number of nitrogens with one attached hydrogen (secondary N) is 1. The van der Waals surface area contributed by atoms with Crippen LogP contribution >= 0.6 is 0 Å². The number of nitrogens with zero attached hydrogens (tertiary/aromatic N) is 1. The molecule has 3 rings (SSSR count). The van der Waals surface area contributed by atoms with Gasteiger partial charge in [0.1, 0.15) is 6.17 Å². The molecule has 4 atom stereocenters. The number of hydrogen-bond donors (Lipinski definition) is 1. The van der Waals surface area contributed by atoms with Crippen molar-refractivity contribution in [3.8, 4) is 0 Å². The van der Waals surface area contributed by atoms with Crippen LogP contribution in [0.2, 0.25) is 0 Å². The van der Waals surface area contributed by atoms with Crippen LogP contribution in [0.1, 0.15) is 38.9 Å². The second-order valence-electron chi connectivity index (χ2n) is 6.67. The number of carbonyl (C=O) groups excluding carboxylic acids is 1. The first-order valence-electron chi connectivity index (χ1n) is 7.69. The van der Waals surface area contributed by atoms with E-state index in [0.29, 0.717) is 11.8 Å². The van der Waals surface area contributed by atoms with E-state index in [0.717, 1.165) is 12.5 Å². The van der Waals surface area contributed by atoms with Gasteiger partial charge in [0, 0.05) is 6.54 Å². The summed E-state index contributed by atoms with van der Waals surface area (Å²) in [4.78, 5) is 14.7. The molecule has 0 aromatic heterocycles. The third kappa shape index (κ3) is 2.47. The molecule has 108 valence electrons. The Balaban J connectivity index is 1.83. The van der Waals surface area contributed by atoms with Gasteiger partial charge in [0.05, 0.1) is 6.04 Å². The molecule has 1 aromatic rings. The largest absolute Gasteiger partial charge is 0.321 e.